The number of carbonyl (C=O) groups is 1. The number of likely N-dealkylation sites (tertiary alicyclic amines) is 1. The summed E-state index contributed by atoms with van der Waals surface area (Å²) in [6, 6.07) is 21.5. The number of aryl methyl sites for hydroxylation is 1. The van der Waals surface area contributed by atoms with Crippen LogP contribution in [0.25, 0.3) is 38.9 Å². The predicted octanol–water partition coefficient (Wildman–Crippen LogP) is 7.36. The maximum absolute atomic E-state index is 16.8. The lowest BCUT2D eigenvalue weighted by molar-refractivity contribution is -0.131. The molecular weight excluding hydrogens is 672 g/mol. The van der Waals surface area contributed by atoms with Gasteiger partial charge in [-0.15, -0.1) is 0 Å². The van der Waals surface area contributed by atoms with E-state index in [1.807, 2.05) is 42.3 Å². The second kappa shape index (κ2) is 14.6. The molecule has 2 saturated heterocycles. The summed E-state index contributed by atoms with van der Waals surface area (Å²) in [6.07, 6.45) is 3.09. The summed E-state index contributed by atoms with van der Waals surface area (Å²) in [6.45, 7) is 3.60. The lowest BCUT2D eigenvalue weighted by atomic mass is 9.96. The highest BCUT2D eigenvalue weighted by Crippen LogP contribution is 2.39. The number of fused-ring (bicyclic) bond motifs is 2. The first-order valence-corrected chi connectivity index (χ1v) is 17.3. The van der Waals surface area contributed by atoms with Gasteiger partial charge in [-0.2, -0.15) is 15.2 Å². The van der Waals surface area contributed by atoms with E-state index in [9.17, 15) is 10.1 Å². The molecule has 1 unspecified atom stereocenters. The highest BCUT2D eigenvalue weighted by atomic mass is 35.5. The Morgan fingerprint density at radius 2 is 1.82 bits per heavy atom. The van der Waals surface area contributed by atoms with E-state index >= 15 is 8.78 Å². The average molecular weight is 708 g/mol. The second-order valence-corrected chi connectivity index (χ2v) is 13.4. The monoisotopic (exact) mass is 707 g/mol. The minimum Gasteiger partial charge on any atom is -0.462 e. The summed E-state index contributed by atoms with van der Waals surface area (Å²) in [4.78, 5) is 32.5. The van der Waals surface area contributed by atoms with Gasteiger partial charge in [0, 0.05) is 58.8 Å². The van der Waals surface area contributed by atoms with Gasteiger partial charge in [-0.1, -0.05) is 54.1 Å². The number of rotatable bonds is 8. The van der Waals surface area contributed by atoms with Gasteiger partial charge >= 0.3 is 6.01 Å². The van der Waals surface area contributed by atoms with Gasteiger partial charge in [0.15, 0.2) is 11.6 Å². The van der Waals surface area contributed by atoms with Crippen molar-refractivity contribution in [1.29, 1.82) is 5.26 Å². The van der Waals surface area contributed by atoms with Gasteiger partial charge < -0.3 is 19.4 Å². The number of carbonyl (C=O) groups excluding carboxylic acids is 1. The van der Waals surface area contributed by atoms with Crippen molar-refractivity contribution >= 4 is 51.1 Å². The van der Waals surface area contributed by atoms with Crippen molar-refractivity contribution in [1.82, 2.24) is 24.8 Å². The molecule has 2 aromatic heterocycles. The third-order valence-electron chi connectivity index (χ3n) is 9.75. The van der Waals surface area contributed by atoms with E-state index in [1.54, 1.807) is 43.3 Å². The summed E-state index contributed by atoms with van der Waals surface area (Å²) in [7, 11) is 2.04. The highest BCUT2D eigenvalue weighted by Gasteiger charge is 2.34. The van der Waals surface area contributed by atoms with Crippen LogP contribution in [0.2, 0.25) is 5.02 Å². The first-order chi connectivity index (χ1) is 24.7. The first-order valence-electron chi connectivity index (χ1n) is 17.0. The van der Waals surface area contributed by atoms with Crippen LogP contribution < -0.4 is 9.64 Å². The van der Waals surface area contributed by atoms with Gasteiger partial charge in [0.2, 0.25) is 0 Å². The Hall–Kier alpha value is -5.18. The van der Waals surface area contributed by atoms with E-state index in [4.69, 9.17) is 21.3 Å². The van der Waals surface area contributed by atoms with Crippen LogP contribution in [0, 0.1) is 24.1 Å². The van der Waals surface area contributed by atoms with Crippen molar-refractivity contribution in [2.45, 2.75) is 38.3 Å². The quantitative estimate of drug-likeness (QED) is 0.154. The van der Waals surface area contributed by atoms with Gasteiger partial charge in [0.1, 0.15) is 17.9 Å². The molecule has 260 valence electrons. The predicted molar refractivity (Wildman–Crippen MR) is 195 cm³/mol. The van der Waals surface area contributed by atoms with E-state index in [2.05, 4.69) is 20.9 Å². The largest absolute Gasteiger partial charge is 0.462 e. The Morgan fingerprint density at radius 1 is 1.02 bits per heavy atom. The van der Waals surface area contributed by atoms with Crippen LogP contribution in [-0.2, 0) is 4.79 Å². The molecule has 0 N–H and O–H groups in total. The SMILES string of the molecule is Cc1cccc(/C=C(\F)C(=O)N2CCN(c3nc(OC[C@@H]4CCCN4C)nc4c(F)c(-c5cccc6cccc(Cl)c56)ccc34)CC2CC#N)n1. The van der Waals surface area contributed by atoms with Crippen molar-refractivity contribution in [3.05, 3.63) is 94.8 Å². The Bertz CT molecular complexity index is 2200. The molecule has 2 aliphatic heterocycles. The lowest BCUT2D eigenvalue weighted by Crippen LogP contribution is -2.55. The Kier molecular flexibility index (Phi) is 9.80. The number of halogens is 3. The number of nitriles is 1. The molecule has 4 heterocycles. The number of ether oxygens (including phenoxy) is 1. The standard InChI is InChI=1S/C39H36ClF2N7O2/c1-24-7-3-10-26(44-24)21-33(41)38(50)49-20-19-48(22-27(49)16-17-43)37-31-15-14-30(29-12-4-8-25-9-5-13-32(40)34(25)29)35(42)36(31)45-39(46-37)51-23-28-11-6-18-47(28)2/h3-5,7-10,12-15,21,27-28H,6,11,16,18-20,22-23H2,1-2H3/b33-21-/t27?,28-/m0/s1. The smallest absolute Gasteiger partial charge is 0.319 e. The van der Waals surface area contributed by atoms with Crippen LogP contribution in [-0.4, -0.2) is 82.6 Å². The molecule has 3 aromatic carbocycles. The summed E-state index contributed by atoms with van der Waals surface area (Å²) in [5.74, 6) is -1.93. The fourth-order valence-electron chi connectivity index (χ4n) is 7.09. The van der Waals surface area contributed by atoms with Crippen LogP contribution in [0.3, 0.4) is 0 Å². The lowest BCUT2D eigenvalue weighted by Gasteiger charge is -2.41. The summed E-state index contributed by atoms with van der Waals surface area (Å²) < 4.78 is 38.3. The Balaban J connectivity index is 1.26. The van der Waals surface area contributed by atoms with Crippen LogP contribution in [0.1, 0.15) is 30.7 Å². The number of hydrogen-bond acceptors (Lipinski definition) is 8. The van der Waals surface area contributed by atoms with Gasteiger partial charge in [-0.25, -0.2) is 8.78 Å². The fourth-order valence-corrected chi connectivity index (χ4v) is 7.37. The summed E-state index contributed by atoms with van der Waals surface area (Å²) in [5.41, 5.74) is 2.05. The molecule has 0 saturated carbocycles. The third kappa shape index (κ3) is 6.94. The zero-order valence-corrected chi connectivity index (χ0v) is 29.1. The number of piperazine rings is 1. The minimum atomic E-state index is -0.965. The number of amides is 1. The zero-order chi connectivity index (χ0) is 35.6. The molecule has 12 heteroatoms. The van der Waals surface area contributed by atoms with E-state index in [0.717, 1.165) is 36.2 Å². The van der Waals surface area contributed by atoms with Gasteiger partial charge in [-0.3, -0.25) is 9.78 Å². The summed E-state index contributed by atoms with van der Waals surface area (Å²) >= 11 is 6.63. The number of likely N-dealkylation sites (N-methyl/N-ethyl adjacent to an activating group) is 1. The number of anilines is 1. The van der Waals surface area contributed by atoms with Crippen LogP contribution >= 0.6 is 11.6 Å². The molecule has 5 aromatic rings. The molecule has 0 radical (unpaired) electrons. The maximum atomic E-state index is 16.8. The maximum Gasteiger partial charge on any atom is 0.319 e. The number of aromatic nitrogens is 3. The van der Waals surface area contributed by atoms with E-state index in [-0.39, 0.29) is 43.6 Å². The normalized spacial score (nSPS) is 18.4. The third-order valence-corrected chi connectivity index (χ3v) is 10.1. The zero-order valence-electron chi connectivity index (χ0n) is 28.3. The molecule has 0 spiro atoms. The number of pyridine rings is 1. The van der Waals surface area contributed by atoms with Crippen LogP contribution in [0.15, 0.2) is 72.6 Å². The van der Waals surface area contributed by atoms with Crippen molar-refractivity contribution in [2.75, 3.05) is 44.7 Å². The molecule has 0 bridgehead atoms. The number of nitrogens with zero attached hydrogens (tertiary/aromatic N) is 7. The van der Waals surface area contributed by atoms with Gasteiger partial charge in [0.05, 0.1) is 24.2 Å². The molecule has 0 aliphatic carbocycles. The molecule has 2 fully saturated rings. The Labute approximate surface area is 299 Å². The highest BCUT2D eigenvalue weighted by molar-refractivity contribution is 6.36. The van der Waals surface area contributed by atoms with Gasteiger partial charge in [0.25, 0.3) is 5.91 Å². The Morgan fingerprint density at radius 3 is 2.59 bits per heavy atom. The molecule has 51 heavy (non-hydrogen) atoms. The molecular formula is C39H36ClF2N7O2. The fraction of sp³-hybridized carbons (Fsp3) is 0.308. The van der Waals surface area contributed by atoms with Crippen molar-refractivity contribution in [2.24, 2.45) is 0 Å². The average Bonchev–Trinajstić information content (AvgIpc) is 3.54. The molecule has 9 nitrogen and oxygen atoms in total. The van der Waals surface area contributed by atoms with Crippen molar-refractivity contribution in [3.63, 3.8) is 0 Å². The second-order valence-electron chi connectivity index (χ2n) is 13.0. The number of hydrogen-bond donors (Lipinski definition) is 0. The first kappa shape index (κ1) is 34.3. The van der Waals surface area contributed by atoms with Crippen LogP contribution in [0.4, 0.5) is 14.6 Å². The number of benzene rings is 3. The van der Waals surface area contributed by atoms with E-state index in [0.29, 0.717) is 45.3 Å². The van der Waals surface area contributed by atoms with Crippen molar-refractivity contribution < 1.29 is 18.3 Å². The molecule has 1 amide bonds. The molecule has 7 rings (SSSR count). The van der Waals surface area contributed by atoms with Crippen molar-refractivity contribution in [3.8, 4) is 23.2 Å². The molecule has 2 aliphatic rings. The van der Waals surface area contributed by atoms with Gasteiger partial charge in [-0.05, 0) is 68.6 Å². The minimum absolute atomic E-state index is 0.0276. The summed E-state index contributed by atoms with van der Waals surface area (Å²) in [5, 5.41) is 12.3. The topological polar surface area (TPSA) is 98.5 Å². The van der Waals surface area contributed by atoms with E-state index in [1.165, 1.54) is 4.90 Å². The van der Waals surface area contributed by atoms with Crippen LogP contribution in [0.5, 0.6) is 6.01 Å². The molecule has 2 atom stereocenters. The van der Waals surface area contributed by atoms with E-state index < -0.39 is 23.6 Å².